The molecule has 1 unspecified atom stereocenters. The summed E-state index contributed by atoms with van der Waals surface area (Å²) < 4.78 is 27.5. The van der Waals surface area contributed by atoms with Crippen molar-refractivity contribution in [2.24, 2.45) is 0 Å². The van der Waals surface area contributed by atoms with Crippen molar-refractivity contribution >= 4 is 43.7 Å². The van der Waals surface area contributed by atoms with Crippen molar-refractivity contribution in [2.45, 2.75) is 55.2 Å². The van der Waals surface area contributed by atoms with E-state index in [1.165, 1.54) is 31.9 Å². The molecule has 2 aromatic rings. The van der Waals surface area contributed by atoms with Gasteiger partial charge in [-0.2, -0.15) is 4.31 Å². The van der Waals surface area contributed by atoms with Gasteiger partial charge in [0, 0.05) is 11.4 Å². The molecule has 26 heavy (non-hydrogen) atoms. The average molecular weight is 412 g/mol. The van der Waals surface area contributed by atoms with Gasteiger partial charge < -0.3 is 5.32 Å². The number of hydrogen-bond donors (Lipinski definition) is 1. The first-order valence-electron chi connectivity index (χ1n) is 8.90. The molecule has 1 amide bonds. The van der Waals surface area contributed by atoms with Crippen LogP contribution in [0.25, 0.3) is 0 Å². The lowest BCUT2D eigenvalue weighted by Gasteiger charge is -2.32. The topological polar surface area (TPSA) is 79.4 Å². The first-order valence-corrected chi connectivity index (χ1v) is 12.0. The van der Waals surface area contributed by atoms with Gasteiger partial charge in [0.1, 0.15) is 10.3 Å². The Labute approximate surface area is 161 Å². The quantitative estimate of drug-likeness (QED) is 0.837. The predicted molar refractivity (Wildman–Crippen MR) is 103 cm³/mol. The smallest absolute Gasteiger partial charge is 0.253 e. The third-order valence-corrected chi connectivity index (χ3v) is 9.24. The van der Waals surface area contributed by atoms with Gasteiger partial charge >= 0.3 is 0 Å². The largest absolute Gasteiger partial charge is 0.301 e. The van der Waals surface area contributed by atoms with Crippen molar-refractivity contribution in [3.63, 3.8) is 0 Å². The number of fused-ring (bicyclic) bond motifs is 1. The number of nitrogens with zero attached hydrogens (tertiary/aromatic N) is 2. The third-order valence-electron chi connectivity index (χ3n) is 4.89. The Kier molecular flexibility index (Phi) is 5.13. The number of carbonyl (C=O) groups excluding carboxylic acids is 1. The highest BCUT2D eigenvalue weighted by atomic mass is 32.2. The standard InChI is InChI=1S/C17H21N3O3S3/c21-16(19-17-18-12-6-1-2-8-14(12)25-17)13-7-3-4-10-20(13)26(22,23)15-9-5-11-24-15/h5,9,11,13H,1-4,6-8,10H2,(H,18,19,21). The van der Waals surface area contributed by atoms with Crippen LogP contribution in [0.3, 0.4) is 0 Å². The molecule has 1 aliphatic heterocycles. The average Bonchev–Trinajstić information content (AvgIpc) is 3.31. The number of hydrogen-bond acceptors (Lipinski definition) is 6. The highest BCUT2D eigenvalue weighted by molar-refractivity contribution is 7.91. The van der Waals surface area contributed by atoms with Crippen molar-refractivity contribution in [1.29, 1.82) is 0 Å². The Bertz CT molecular complexity index is 866. The normalized spacial score (nSPS) is 21.3. The summed E-state index contributed by atoms with van der Waals surface area (Å²) in [5.74, 6) is -0.268. The maximum Gasteiger partial charge on any atom is 0.253 e. The summed E-state index contributed by atoms with van der Waals surface area (Å²) in [6.07, 6.45) is 6.46. The fraction of sp³-hybridized carbons (Fsp3) is 0.529. The van der Waals surface area contributed by atoms with E-state index in [1.54, 1.807) is 17.5 Å². The van der Waals surface area contributed by atoms with Crippen molar-refractivity contribution in [1.82, 2.24) is 9.29 Å². The summed E-state index contributed by atoms with van der Waals surface area (Å²) in [5.41, 5.74) is 1.09. The summed E-state index contributed by atoms with van der Waals surface area (Å²) >= 11 is 2.71. The maximum atomic E-state index is 12.9. The first-order chi connectivity index (χ1) is 12.6. The summed E-state index contributed by atoms with van der Waals surface area (Å²) in [5, 5.41) is 5.22. The molecule has 0 saturated carbocycles. The van der Waals surface area contributed by atoms with Gasteiger partial charge in [-0.25, -0.2) is 13.4 Å². The van der Waals surface area contributed by atoms with Crippen LogP contribution >= 0.6 is 22.7 Å². The fourth-order valence-electron chi connectivity index (χ4n) is 3.57. The van der Waals surface area contributed by atoms with E-state index >= 15 is 0 Å². The van der Waals surface area contributed by atoms with E-state index in [1.807, 2.05) is 0 Å². The number of thiazole rings is 1. The van der Waals surface area contributed by atoms with E-state index in [4.69, 9.17) is 0 Å². The fourth-order valence-corrected chi connectivity index (χ4v) is 7.40. The molecule has 1 aliphatic carbocycles. The molecule has 6 nitrogen and oxygen atoms in total. The third kappa shape index (κ3) is 3.45. The number of piperidine rings is 1. The highest BCUT2D eigenvalue weighted by Crippen LogP contribution is 2.31. The lowest BCUT2D eigenvalue weighted by Crippen LogP contribution is -2.49. The number of aryl methyl sites for hydroxylation is 2. The Morgan fingerprint density at radius 1 is 1.23 bits per heavy atom. The molecule has 1 fully saturated rings. The number of anilines is 1. The molecule has 1 N–H and O–H groups in total. The van der Waals surface area contributed by atoms with Gasteiger partial charge in [-0.1, -0.05) is 12.5 Å². The number of nitrogens with one attached hydrogen (secondary N) is 1. The zero-order valence-electron chi connectivity index (χ0n) is 14.3. The highest BCUT2D eigenvalue weighted by Gasteiger charge is 2.38. The van der Waals surface area contributed by atoms with Crippen LogP contribution in [0.5, 0.6) is 0 Å². The van der Waals surface area contributed by atoms with Crippen LogP contribution in [0, 0.1) is 0 Å². The number of rotatable bonds is 4. The van der Waals surface area contributed by atoms with Gasteiger partial charge in [-0.05, 0) is 50.0 Å². The van der Waals surface area contributed by atoms with Crippen LogP contribution < -0.4 is 5.32 Å². The lowest BCUT2D eigenvalue weighted by molar-refractivity contribution is -0.120. The molecule has 0 radical (unpaired) electrons. The van der Waals surface area contributed by atoms with E-state index in [9.17, 15) is 13.2 Å². The number of carbonyl (C=O) groups is 1. The zero-order chi connectivity index (χ0) is 18.1. The molecular weight excluding hydrogens is 390 g/mol. The van der Waals surface area contributed by atoms with Crippen molar-refractivity contribution < 1.29 is 13.2 Å². The Morgan fingerprint density at radius 2 is 2.08 bits per heavy atom. The molecule has 0 bridgehead atoms. The van der Waals surface area contributed by atoms with E-state index in [0.717, 1.165) is 44.2 Å². The molecule has 2 aliphatic rings. The van der Waals surface area contributed by atoms with Gasteiger partial charge in [-0.15, -0.1) is 22.7 Å². The molecule has 1 atom stereocenters. The molecular formula is C17H21N3O3S3. The van der Waals surface area contributed by atoms with Crippen molar-refractivity contribution in [2.75, 3.05) is 11.9 Å². The van der Waals surface area contributed by atoms with Gasteiger partial charge in [-0.3, -0.25) is 4.79 Å². The van der Waals surface area contributed by atoms with Crippen LogP contribution in [0.15, 0.2) is 21.7 Å². The number of sulfonamides is 1. The Balaban J connectivity index is 1.54. The summed E-state index contributed by atoms with van der Waals surface area (Å²) in [7, 11) is -3.63. The maximum absolute atomic E-state index is 12.9. The van der Waals surface area contributed by atoms with Gasteiger partial charge in [0.05, 0.1) is 5.69 Å². The summed E-state index contributed by atoms with van der Waals surface area (Å²) in [4.78, 5) is 18.7. The molecule has 1 saturated heterocycles. The molecule has 3 heterocycles. The molecule has 140 valence electrons. The number of thiophene rings is 1. The Hall–Kier alpha value is -1.29. The minimum absolute atomic E-state index is 0.268. The van der Waals surface area contributed by atoms with Crippen LogP contribution in [0.2, 0.25) is 0 Å². The second-order valence-corrected chi connectivity index (χ2v) is 10.8. The van der Waals surface area contributed by atoms with Crippen LogP contribution in [-0.2, 0) is 27.7 Å². The molecule has 0 aromatic carbocycles. The minimum atomic E-state index is -3.63. The second-order valence-electron chi connectivity index (χ2n) is 6.64. The van der Waals surface area contributed by atoms with Crippen LogP contribution in [0.1, 0.15) is 42.7 Å². The molecule has 2 aromatic heterocycles. The van der Waals surface area contributed by atoms with Crippen molar-refractivity contribution in [3.8, 4) is 0 Å². The zero-order valence-corrected chi connectivity index (χ0v) is 16.8. The van der Waals surface area contributed by atoms with Gasteiger partial charge in [0.15, 0.2) is 5.13 Å². The van der Waals surface area contributed by atoms with Crippen LogP contribution in [-0.4, -0.2) is 36.2 Å². The summed E-state index contributed by atoms with van der Waals surface area (Å²) in [6, 6.07) is 2.64. The van der Waals surface area contributed by atoms with E-state index in [0.29, 0.717) is 22.3 Å². The lowest BCUT2D eigenvalue weighted by atomic mass is 10.0. The van der Waals surface area contributed by atoms with Crippen LogP contribution in [0.4, 0.5) is 5.13 Å². The van der Waals surface area contributed by atoms with E-state index in [2.05, 4.69) is 10.3 Å². The van der Waals surface area contributed by atoms with E-state index < -0.39 is 16.1 Å². The minimum Gasteiger partial charge on any atom is -0.301 e. The van der Waals surface area contributed by atoms with Crippen molar-refractivity contribution in [3.05, 3.63) is 28.1 Å². The second kappa shape index (κ2) is 7.38. The monoisotopic (exact) mass is 411 g/mol. The molecule has 0 spiro atoms. The Morgan fingerprint density at radius 3 is 2.85 bits per heavy atom. The SMILES string of the molecule is O=C(Nc1nc2c(s1)CCCC2)C1CCCCN1S(=O)(=O)c1cccs1. The first kappa shape index (κ1) is 18.1. The summed E-state index contributed by atoms with van der Waals surface area (Å²) in [6.45, 7) is 0.382. The molecule has 9 heteroatoms. The van der Waals surface area contributed by atoms with Gasteiger partial charge in [0.25, 0.3) is 10.0 Å². The number of aromatic nitrogens is 1. The van der Waals surface area contributed by atoms with Gasteiger partial charge in [0.2, 0.25) is 5.91 Å². The number of amides is 1. The van der Waals surface area contributed by atoms with E-state index in [-0.39, 0.29) is 5.91 Å². The predicted octanol–water partition coefficient (Wildman–Crippen LogP) is 3.27. The molecule has 4 rings (SSSR count).